The van der Waals surface area contributed by atoms with Crippen LogP contribution in [-0.4, -0.2) is 16.2 Å². The van der Waals surface area contributed by atoms with E-state index in [4.69, 9.17) is 9.72 Å². The minimum absolute atomic E-state index is 0.0225. The summed E-state index contributed by atoms with van der Waals surface area (Å²) in [6.45, 7) is 13.9. The van der Waals surface area contributed by atoms with Crippen LogP contribution in [0.15, 0.2) is 115 Å². The summed E-state index contributed by atoms with van der Waals surface area (Å²) in [5, 5.41) is 2.37. The number of rotatable bonds is 5. The van der Waals surface area contributed by atoms with E-state index in [0.717, 1.165) is 40.7 Å². The van der Waals surface area contributed by atoms with Crippen LogP contribution < -0.4 is 14.5 Å². The van der Waals surface area contributed by atoms with Crippen molar-refractivity contribution in [2.75, 3.05) is 16.5 Å². The number of nitrogens with zero attached hydrogens (tertiary/aromatic N) is 4. The first-order valence-electron chi connectivity index (χ1n) is 15.2. The molecule has 1 aliphatic rings. The van der Waals surface area contributed by atoms with Gasteiger partial charge in [-0.05, 0) is 91.4 Å². The number of anilines is 2. The Balaban J connectivity index is 1.22. The highest BCUT2D eigenvalue weighted by Crippen LogP contribution is 2.37. The molecule has 44 heavy (non-hydrogen) atoms. The number of aromatic nitrogens is 2. The highest BCUT2D eigenvalue weighted by atomic mass is 16.5. The lowest BCUT2D eigenvalue weighted by Gasteiger charge is -2.25. The van der Waals surface area contributed by atoms with Gasteiger partial charge in [0.25, 0.3) is 0 Å². The monoisotopic (exact) mass is 578 g/mol. The van der Waals surface area contributed by atoms with E-state index in [1.54, 1.807) is 0 Å². The van der Waals surface area contributed by atoms with Crippen molar-refractivity contribution in [3.8, 4) is 17.3 Å². The fraction of sp³-hybridized carbons (Fsp3) is 0.205. The number of aryl methyl sites for hydroxylation is 2. The molecule has 0 spiro atoms. The van der Waals surface area contributed by atoms with Gasteiger partial charge >= 0.3 is 0 Å². The smallest absolute Gasteiger partial charge is 0.137 e. The zero-order chi connectivity index (χ0) is 30.6. The van der Waals surface area contributed by atoms with E-state index in [-0.39, 0.29) is 5.41 Å². The highest BCUT2D eigenvalue weighted by Gasteiger charge is 2.23. The van der Waals surface area contributed by atoms with Gasteiger partial charge in [-0.3, -0.25) is 4.57 Å². The van der Waals surface area contributed by atoms with Crippen LogP contribution in [-0.2, 0) is 5.41 Å². The molecule has 3 heterocycles. The molecule has 5 heteroatoms. The zero-order valence-electron chi connectivity index (χ0n) is 26.3. The molecule has 4 aromatic carbocycles. The van der Waals surface area contributed by atoms with Crippen molar-refractivity contribution < 1.29 is 4.74 Å². The third-order valence-corrected chi connectivity index (χ3v) is 8.59. The Morgan fingerprint density at radius 3 is 2.36 bits per heavy atom. The normalized spacial score (nSPS) is 13.6. The number of hydrogen-bond donors (Lipinski definition) is 0. The van der Waals surface area contributed by atoms with Gasteiger partial charge in [-0.25, -0.2) is 4.98 Å². The Morgan fingerprint density at radius 1 is 0.727 bits per heavy atom. The van der Waals surface area contributed by atoms with E-state index in [1.807, 2.05) is 12.3 Å². The van der Waals surface area contributed by atoms with Crippen LogP contribution in [0.25, 0.3) is 27.6 Å². The summed E-state index contributed by atoms with van der Waals surface area (Å²) in [6.07, 6.45) is 4.13. The largest absolute Gasteiger partial charge is 0.457 e. The molecule has 0 saturated carbocycles. The molecule has 0 unspecified atom stereocenters. The summed E-state index contributed by atoms with van der Waals surface area (Å²) in [7, 11) is 0. The molecule has 0 fully saturated rings. The molecule has 0 aliphatic carbocycles. The maximum atomic E-state index is 6.53. The Hall–Kier alpha value is -5.03. The third-order valence-electron chi connectivity index (χ3n) is 8.59. The molecule has 0 radical (unpaired) electrons. The summed E-state index contributed by atoms with van der Waals surface area (Å²) < 4.78 is 8.78. The average molecular weight is 579 g/mol. The van der Waals surface area contributed by atoms with Crippen LogP contribution >= 0.6 is 0 Å². The third kappa shape index (κ3) is 4.98. The molecule has 0 bridgehead atoms. The standard InChI is InChI=1S/C39H38N4O/c1-26-14-15-27(2)36(20-26)42-25-41(24-28(42)3)30-10-9-11-31(22-30)44-32-16-17-34-33-12-7-8-13-35(33)43(37(34)23-32)38-21-29(18-19-40-38)39(4,5)6/h7-24H,25H2,1-6H3. The molecule has 0 N–H and O–H groups in total. The summed E-state index contributed by atoms with van der Waals surface area (Å²) in [5.74, 6) is 2.50. The predicted molar refractivity (Wildman–Crippen MR) is 183 cm³/mol. The van der Waals surface area contributed by atoms with Crippen LogP contribution in [0.2, 0.25) is 0 Å². The number of fused-ring (bicyclic) bond motifs is 3. The van der Waals surface area contributed by atoms with E-state index in [2.05, 4.69) is 153 Å². The van der Waals surface area contributed by atoms with Gasteiger partial charge < -0.3 is 14.5 Å². The first-order chi connectivity index (χ1) is 21.2. The van der Waals surface area contributed by atoms with Crippen molar-refractivity contribution >= 4 is 33.2 Å². The molecular formula is C39H38N4O. The fourth-order valence-electron chi connectivity index (χ4n) is 6.16. The van der Waals surface area contributed by atoms with Gasteiger partial charge in [0.2, 0.25) is 0 Å². The Kier molecular flexibility index (Phi) is 6.69. The van der Waals surface area contributed by atoms with Crippen molar-refractivity contribution in [3.05, 3.63) is 132 Å². The second kappa shape index (κ2) is 10.6. The van der Waals surface area contributed by atoms with E-state index in [9.17, 15) is 0 Å². The van der Waals surface area contributed by atoms with Gasteiger partial charge in [0.1, 0.15) is 17.3 Å². The average Bonchev–Trinajstić information content (AvgIpc) is 3.55. The first kappa shape index (κ1) is 27.8. The maximum absolute atomic E-state index is 6.53. The van der Waals surface area contributed by atoms with Gasteiger partial charge in [0, 0.05) is 52.4 Å². The van der Waals surface area contributed by atoms with Crippen LogP contribution in [0, 0.1) is 13.8 Å². The SMILES string of the molecule is CC1=CN(c2cccc(Oc3ccc4c5ccccc5n(-c5cc(C(C)(C)C)ccn5)c4c3)c2)CN1c1cc(C)ccc1C. The lowest BCUT2D eigenvalue weighted by atomic mass is 9.88. The number of pyridine rings is 1. The van der Waals surface area contributed by atoms with Crippen molar-refractivity contribution in [3.63, 3.8) is 0 Å². The van der Waals surface area contributed by atoms with Gasteiger partial charge in [0.05, 0.1) is 17.7 Å². The van der Waals surface area contributed by atoms with Crippen molar-refractivity contribution in [2.45, 2.75) is 47.0 Å². The summed E-state index contributed by atoms with van der Waals surface area (Å²) in [5.41, 5.74) is 9.57. The van der Waals surface area contributed by atoms with E-state index >= 15 is 0 Å². The molecule has 0 saturated heterocycles. The molecule has 7 rings (SSSR count). The number of hydrogen-bond acceptors (Lipinski definition) is 4. The molecule has 1 aliphatic heterocycles. The summed E-state index contributed by atoms with van der Waals surface area (Å²) in [6, 6.07) is 34.2. The second-order valence-corrected chi connectivity index (χ2v) is 12.9. The van der Waals surface area contributed by atoms with Crippen LogP contribution in [0.5, 0.6) is 11.5 Å². The Bertz CT molecular complexity index is 2060. The first-order valence-corrected chi connectivity index (χ1v) is 15.2. The molecule has 5 nitrogen and oxygen atoms in total. The van der Waals surface area contributed by atoms with Crippen LogP contribution in [0.1, 0.15) is 44.4 Å². The minimum Gasteiger partial charge on any atom is -0.457 e. The summed E-state index contributed by atoms with van der Waals surface area (Å²) >= 11 is 0. The zero-order valence-corrected chi connectivity index (χ0v) is 26.3. The van der Waals surface area contributed by atoms with Crippen LogP contribution in [0.3, 0.4) is 0 Å². The van der Waals surface area contributed by atoms with E-state index in [0.29, 0.717) is 0 Å². The molecule has 2 aromatic heterocycles. The van der Waals surface area contributed by atoms with Gasteiger partial charge in [-0.15, -0.1) is 0 Å². The molecule has 0 amide bonds. The highest BCUT2D eigenvalue weighted by molar-refractivity contribution is 6.09. The topological polar surface area (TPSA) is 33.5 Å². The molecule has 220 valence electrons. The fourth-order valence-corrected chi connectivity index (χ4v) is 6.16. The van der Waals surface area contributed by atoms with Crippen molar-refractivity contribution in [1.29, 1.82) is 0 Å². The minimum atomic E-state index is 0.0225. The maximum Gasteiger partial charge on any atom is 0.137 e. The number of benzene rings is 4. The van der Waals surface area contributed by atoms with E-state index < -0.39 is 0 Å². The van der Waals surface area contributed by atoms with Crippen molar-refractivity contribution in [1.82, 2.24) is 9.55 Å². The quantitative estimate of drug-likeness (QED) is 0.204. The lowest BCUT2D eigenvalue weighted by molar-refractivity contribution is 0.483. The van der Waals surface area contributed by atoms with Gasteiger partial charge in [-0.1, -0.05) is 57.2 Å². The Morgan fingerprint density at radius 2 is 1.52 bits per heavy atom. The molecular weight excluding hydrogens is 540 g/mol. The lowest BCUT2D eigenvalue weighted by Crippen LogP contribution is -2.26. The number of ether oxygens (including phenoxy) is 1. The van der Waals surface area contributed by atoms with Gasteiger partial charge in [0.15, 0.2) is 0 Å². The summed E-state index contributed by atoms with van der Waals surface area (Å²) in [4.78, 5) is 9.46. The number of allylic oxidation sites excluding steroid dienone is 1. The molecule has 6 aromatic rings. The molecule has 0 atom stereocenters. The predicted octanol–water partition coefficient (Wildman–Crippen LogP) is 10.0. The second-order valence-electron chi connectivity index (χ2n) is 12.9. The van der Waals surface area contributed by atoms with Gasteiger partial charge in [-0.2, -0.15) is 0 Å². The van der Waals surface area contributed by atoms with Crippen LogP contribution in [0.4, 0.5) is 11.4 Å². The number of para-hydroxylation sites is 1. The van der Waals surface area contributed by atoms with Crippen molar-refractivity contribution in [2.24, 2.45) is 0 Å². The van der Waals surface area contributed by atoms with E-state index in [1.165, 1.54) is 38.8 Å². The Labute approximate surface area is 259 Å².